The van der Waals surface area contributed by atoms with Gasteiger partial charge in [0.2, 0.25) is 0 Å². The maximum absolute atomic E-state index is 13.0. The molecule has 0 aliphatic heterocycles. The molecule has 5 heteroatoms. The molecule has 0 unspecified atom stereocenters. The normalized spacial score (nSPS) is 26.5. The molecule has 2 bridgehead atoms. The Labute approximate surface area is 154 Å². The van der Waals surface area contributed by atoms with Crippen molar-refractivity contribution in [3.05, 3.63) is 59.7 Å². The second-order valence-corrected chi connectivity index (χ2v) is 10.2. The van der Waals surface area contributed by atoms with Crippen molar-refractivity contribution in [1.29, 1.82) is 0 Å². The van der Waals surface area contributed by atoms with Crippen molar-refractivity contribution >= 4 is 15.6 Å². The van der Waals surface area contributed by atoms with Crippen LogP contribution in [0.4, 0.5) is 0 Å². The molecule has 3 saturated carbocycles. The van der Waals surface area contributed by atoms with E-state index in [1.54, 1.807) is 43.5 Å². The highest BCUT2D eigenvalue weighted by atomic mass is 32.2. The fraction of sp³-hybridized carbons (Fsp3) is 0.381. The summed E-state index contributed by atoms with van der Waals surface area (Å²) in [7, 11) is -1.76. The number of carbonyl (C=O) groups excluding carboxylic acids is 1. The van der Waals surface area contributed by atoms with E-state index in [0.717, 1.165) is 5.56 Å². The Morgan fingerprint density at radius 3 is 2.35 bits per heavy atom. The van der Waals surface area contributed by atoms with Gasteiger partial charge in [-0.15, -0.1) is 0 Å². The number of methoxy groups -OCH3 is 1. The minimum absolute atomic E-state index is 0.0601. The number of aryl methyl sites for hydroxylation is 1. The van der Waals surface area contributed by atoms with E-state index in [-0.39, 0.29) is 11.2 Å². The summed E-state index contributed by atoms with van der Waals surface area (Å²) in [5.41, 5.74) is 1.53. The van der Waals surface area contributed by atoms with Gasteiger partial charge in [-0.3, -0.25) is 4.79 Å². The van der Waals surface area contributed by atoms with Crippen LogP contribution in [0.3, 0.4) is 0 Å². The Kier molecular flexibility index (Phi) is 3.77. The first kappa shape index (κ1) is 17.3. The summed E-state index contributed by atoms with van der Waals surface area (Å²) >= 11 is 0. The number of hydrogen-bond acceptors (Lipinski definition) is 4. The molecule has 3 aliphatic carbocycles. The van der Waals surface area contributed by atoms with Gasteiger partial charge >= 0.3 is 0 Å². The van der Waals surface area contributed by atoms with E-state index >= 15 is 0 Å². The van der Waals surface area contributed by atoms with Crippen LogP contribution in [-0.4, -0.2) is 26.1 Å². The van der Waals surface area contributed by atoms with Crippen LogP contribution in [0.15, 0.2) is 53.4 Å². The van der Waals surface area contributed by atoms with E-state index in [1.807, 2.05) is 19.1 Å². The Morgan fingerprint density at radius 2 is 1.73 bits per heavy atom. The average molecular weight is 370 g/mol. The zero-order valence-corrected chi connectivity index (χ0v) is 15.8. The Morgan fingerprint density at radius 1 is 1.08 bits per heavy atom. The maximum atomic E-state index is 13.0. The summed E-state index contributed by atoms with van der Waals surface area (Å²) in [4.78, 5) is 13.0. The summed E-state index contributed by atoms with van der Waals surface area (Å²) in [5.74, 6) is 0.719. The average Bonchev–Trinajstić information content (AvgIpc) is 2.56. The number of benzene rings is 2. The Balaban J connectivity index is 1.46. The van der Waals surface area contributed by atoms with Crippen molar-refractivity contribution in [3.63, 3.8) is 0 Å². The first-order chi connectivity index (χ1) is 12.3. The van der Waals surface area contributed by atoms with Gasteiger partial charge in [-0.05, 0) is 55.9 Å². The molecule has 4 nitrogen and oxygen atoms in total. The second-order valence-electron chi connectivity index (χ2n) is 7.86. The van der Waals surface area contributed by atoms with Crippen LogP contribution in [0.1, 0.15) is 41.6 Å². The highest BCUT2D eigenvalue weighted by Gasteiger charge is 2.74. The Bertz CT molecular complexity index is 954. The molecule has 0 N–H and O–H groups in total. The molecule has 0 spiro atoms. The number of hydrogen-bond donors (Lipinski definition) is 0. The van der Waals surface area contributed by atoms with E-state index in [4.69, 9.17) is 4.74 Å². The second kappa shape index (κ2) is 5.68. The van der Waals surface area contributed by atoms with Crippen LogP contribution in [0.2, 0.25) is 0 Å². The van der Waals surface area contributed by atoms with Crippen molar-refractivity contribution in [3.8, 4) is 5.75 Å². The fourth-order valence-electron chi connectivity index (χ4n) is 4.57. The fourth-order valence-corrected chi connectivity index (χ4v) is 7.06. The highest BCUT2D eigenvalue weighted by molar-refractivity contribution is 7.93. The molecular formula is C21H22O4S. The monoisotopic (exact) mass is 370 g/mol. The van der Waals surface area contributed by atoms with E-state index in [0.29, 0.717) is 41.9 Å². The van der Waals surface area contributed by atoms with E-state index in [2.05, 4.69) is 0 Å². The third-order valence-electron chi connectivity index (χ3n) is 5.92. The number of ketones is 1. The van der Waals surface area contributed by atoms with Crippen LogP contribution in [0, 0.1) is 12.3 Å². The molecule has 3 fully saturated rings. The molecule has 0 aromatic heterocycles. The number of sulfone groups is 1. The minimum atomic E-state index is -3.33. The maximum Gasteiger partial charge on any atom is 0.184 e. The lowest BCUT2D eigenvalue weighted by molar-refractivity contribution is -0.0791. The lowest BCUT2D eigenvalue weighted by Crippen LogP contribution is -2.70. The SMILES string of the molecule is COc1cccc(C(=O)CC23CC(S(=O)(=O)c4ccc(C)cc4)(C2)C3)c1. The van der Waals surface area contributed by atoms with Gasteiger partial charge in [-0.25, -0.2) is 8.42 Å². The molecule has 26 heavy (non-hydrogen) atoms. The number of ether oxygens (including phenoxy) is 1. The van der Waals surface area contributed by atoms with Crippen LogP contribution >= 0.6 is 0 Å². The van der Waals surface area contributed by atoms with Crippen molar-refractivity contribution < 1.29 is 17.9 Å². The lowest BCUT2D eigenvalue weighted by atomic mass is 9.42. The summed E-state index contributed by atoms with van der Waals surface area (Å²) in [6.07, 6.45) is 2.18. The molecule has 136 valence electrons. The molecule has 0 radical (unpaired) electrons. The van der Waals surface area contributed by atoms with Crippen molar-refractivity contribution in [2.75, 3.05) is 7.11 Å². The lowest BCUT2D eigenvalue weighted by Gasteiger charge is -2.69. The van der Waals surface area contributed by atoms with E-state index < -0.39 is 14.6 Å². The largest absolute Gasteiger partial charge is 0.497 e. The molecule has 2 aromatic rings. The van der Waals surface area contributed by atoms with E-state index in [1.165, 1.54) is 0 Å². The number of Topliss-reactive ketones (excluding diaryl/α,β-unsaturated/α-hetero) is 1. The molecule has 0 atom stereocenters. The van der Waals surface area contributed by atoms with Gasteiger partial charge in [0.05, 0.1) is 16.8 Å². The predicted molar refractivity (Wildman–Crippen MR) is 99.3 cm³/mol. The summed E-state index contributed by atoms with van der Waals surface area (Å²) < 4.78 is 30.4. The number of carbonyl (C=O) groups is 1. The quantitative estimate of drug-likeness (QED) is 0.722. The molecule has 5 rings (SSSR count). The third-order valence-corrected chi connectivity index (χ3v) is 8.39. The molecule has 0 saturated heterocycles. The molecule has 0 heterocycles. The number of rotatable bonds is 6. The first-order valence-electron chi connectivity index (χ1n) is 8.78. The van der Waals surface area contributed by atoms with Crippen molar-refractivity contribution in [1.82, 2.24) is 0 Å². The standard InChI is InChI=1S/C21H22O4S/c1-15-6-8-18(9-7-15)26(23,24)21-12-20(13-21,14-21)11-19(22)16-4-3-5-17(10-16)25-2/h3-10H,11-14H2,1-2H3. The smallest absolute Gasteiger partial charge is 0.184 e. The first-order valence-corrected chi connectivity index (χ1v) is 10.3. The van der Waals surface area contributed by atoms with Gasteiger partial charge < -0.3 is 4.74 Å². The predicted octanol–water partition coefficient (Wildman–Crippen LogP) is 3.97. The topological polar surface area (TPSA) is 60.4 Å². The molecule has 3 aliphatic rings. The van der Waals surface area contributed by atoms with Gasteiger partial charge in [-0.1, -0.05) is 29.8 Å². The van der Waals surface area contributed by atoms with Crippen LogP contribution in [0.5, 0.6) is 5.75 Å². The highest BCUT2D eigenvalue weighted by Crippen LogP contribution is 2.73. The van der Waals surface area contributed by atoms with Gasteiger partial charge in [0, 0.05) is 12.0 Å². The third kappa shape index (κ3) is 2.49. The summed E-state index contributed by atoms with van der Waals surface area (Å²) in [6.45, 7) is 1.94. The van der Waals surface area contributed by atoms with Crippen LogP contribution in [-0.2, 0) is 9.84 Å². The van der Waals surface area contributed by atoms with E-state index in [9.17, 15) is 13.2 Å². The molecule has 2 aromatic carbocycles. The summed E-state index contributed by atoms with van der Waals surface area (Å²) in [5, 5.41) is 0. The van der Waals surface area contributed by atoms with Gasteiger partial charge in [0.25, 0.3) is 0 Å². The van der Waals surface area contributed by atoms with Crippen LogP contribution in [0.25, 0.3) is 0 Å². The van der Waals surface area contributed by atoms with Gasteiger partial charge in [-0.2, -0.15) is 0 Å². The molecular weight excluding hydrogens is 348 g/mol. The zero-order valence-electron chi connectivity index (χ0n) is 15.0. The Hall–Kier alpha value is -2.14. The minimum Gasteiger partial charge on any atom is -0.497 e. The van der Waals surface area contributed by atoms with Crippen molar-refractivity contribution in [2.24, 2.45) is 5.41 Å². The van der Waals surface area contributed by atoms with Gasteiger partial charge in [0.1, 0.15) is 5.75 Å². The van der Waals surface area contributed by atoms with Crippen molar-refractivity contribution in [2.45, 2.75) is 42.2 Å². The summed E-state index contributed by atoms with van der Waals surface area (Å²) in [6, 6.07) is 14.2. The zero-order chi connectivity index (χ0) is 18.6. The van der Waals surface area contributed by atoms with Gasteiger partial charge in [0.15, 0.2) is 15.6 Å². The molecule has 0 amide bonds. The van der Waals surface area contributed by atoms with Crippen LogP contribution < -0.4 is 4.74 Å².